The third-order valence-corrected chi connectivity index (χ3v) is 21.6. The normalized spacial score (nSPS) is 12.7. The van der Waals surface area contributed by atoms with Crippen LogP contribution in [0.5, 0.6) is 11.5 Å². The number of thiophene rings is 2. The number of unbranched alkanes of at least 4 members (excludes halogenated alkanes) is 10. The molecule has 0 bridgehead atoms. The maximum atomic E-state index is 5.65. The number of benzene rings is 5. The highest BCUT2D eigenvalue weighted by molar-refractivity contribution is 7.19. The molecular weight excluding hydrogens is 873 g/mol. The molecule has 8 aromatic rings. The van der Waals surface area contributed by atoms with Gasteiger partial charge in [0.2, 0.25) is 0 Å². The molecule has 0 radical (unpaired) electrons. The summed E-state index contributed by atoms with van der Waals surface area (Å²) in [7, 11) is 1.36. The van der Waals surface area contributed by atoms with E-state index in [2.05, 4.69) is 125 Å². The number of nitrogens with zero attached hydrogens (tertiary/aromatic N) is 2. The number of rotatable bonds is 21. The Kier molecular flexibility index (Phi) is 14.9. The van der Waals surface area contributed by atoms with Crippen LogP contribution in [0.15, 0.2) is 121 Å². The van der Waals surface area contributed by atoms with E-state index in [-0.39, 0.29) is 0 Å². The van der Waals surface area contributed by atoms with Gasteiger partial charge in [0.05, 0.1) is 36.6 Å². The maximum Gasteiger partial charge on any atom is 0.119 e. The van der Waals surface area contributed by atoms with Crippen molar-refractivity contribution in [2.75, 3.05) is 14.2 Å². The van der Waals surface area contributed by atoms with Crippen LogP contribution in [-0.4, -0.2) is 32.3 Å². The molecule has 3 aromatic heterocycles. The van der Waals surface area contributed by atoms with Gasteiger partial charge in [0.25, 0.3) is 0 Å². The van der Waals surface area contributed by atoms with Crippen molar-refractivity contribution in [1.29, 1.82) is 0 Å². The van der Waals surface area contributed by atoms with Gasteiger partial charge in [-0.05, 0) is 126 Å². The summed E-state index contributed by atoms with van der Waals surface area (Å²) in [5, 5.41) is 3.39. The Labute approximate surface area is 408 Å². The molecule has 1 aliphatic rings. The highest BCUT2D eigenvalue weighted by Gasteiger charge is 2.44. The molecule has 67 heavy (non-hydrogen) atoms. The fourth-order valence-electron chi connectivity index (χ4n) is 10.5. The molecule has 0 amide bonds. The van der Waals surface area contributed by atoms with Crippen molar-refractivity contribution >= 4 is 52.2 Å². The quantitative estimate of drug-likeness (QED) is 0.0532. The lowest BCUT2D eigenvalue weighted by Gasteiger charge is -2.31. The zero-order chi connectivity index (χ0) is 46.3. The summed E-state index contributed by atoms with van der Waals surface area (Å²) in [6.45, 7) is 9.12. The van der Waals surface area contributed by atoms with Gasteiger partial charge >= 0.3 is 0 Å². The van der Waals surface area contributed by atoms with E-state index in [1.807, 2.05) is 35.6 Å². The highest BCUT2D eigenvalue weighted by atomic mass is 32.1. The predicted molar refractivity (Wildman–Crippen MR) is 292 cm³/mol. The minimum atomic E-state index is -2.05. The smallest absolute Gasteiger partial charge is 0.119 e. The van der Waals surface area contributed by atoms with Crippen LogP contribution in [0.4, 0.5) is 0 Å². The summed E-state index contributed by atoms with van der Waals surface area (Å²) in [4.78, 5) is 16.2. The molecule has 0 N–H and O–H groups in total. The molecule has 4 nitrogen and oxygen atoms in total. The second-order valence-corrected chi connectivity index (χ2v) is 25.4. The number of methoxy groups -OCH3 is 2. The third-order valence-electron chi connectivity index (χ3n) is 14.1. The van der Waals surface area contributed by atoms with Crippen molar-refractivity contribution in [3.8, 4) is 76.5 Å². The molecule has 0 spiro atoms. The number of hydrogen-bond donors (Lipinski definition) is 0. The van der Waals surface area contributed by atoms with Crippen LogP contribution >= 0.6 is 22.7 Å². The lowest BCUT2D eigenvalue weighted by molar-refractivity contribution is 0.414. The standard InChI is InChI=1S/C60H66N2O2S2Si/c1-7-9-11-13-15-17-37-67(38-18-16-14-12-10-8-2)55-39-41(3)19-30-48(55)49-31-25-45(40-56(49)67)52-35-36-54(66-52)51-33-32-50(53-34-20-42(4)65-53)59-60(51)62-58(44-23-28-47(64-6)29-24-44)57(61-59)43-21-26-46(63-5)27-22-43/h19-36,39-40H,7-18,37-38H2,1-6H3. The summed E-state index contributed by atoms with van der Waals surface area (Å²) < 4.78 is 11.1. The molecule has 0 atom stereocenters. The number of aromatic nitrogens is 2. The molecule has 0 unspecified atom stereocenters. The number of hydrogen-bond acceptors (Lipinski definition) is 6. The van der Waals surface area contributed by atoms with Crippen molar-refractivity contribution in [2.24, 2.45) is 0 Å². The van der Waals surface area contributed by atoms with Crippen molar-refractivity contribution in [2.45, 2.75) is 117 Å². The lowest BCUT2D eigenvalue weighted by Crippen LogP contribution is -2.55. The first-order valence-electron chi connectivity index (χ1n) is 24.9. The number of ether oxygens (including phenoxy) is 2. The first-order chi connectivity index (χ1) is 32.8. The summed E-state index contributed by atoms with van der Waals surface area (Å²) in [5.41, 5.74) is 13.4. The van der Waals surface area contributed by atoms with Gasteiger partial charge in [-0.2, -0.15) is 0 Å². The van der Waals surface area contributed by atoms with Crippen molar-refractivity contribution in [3.63, 3.8) is 0 Å². The minimum absolute atomic E-state index is 0.806. The van der Waals surface area contributed by atoms with Gasteiger partial charge < -0.3 is 9.47 Å². The van der Waals surface area contributed by atoms with Gasteiger partial charge in [-0.15, -0.1) is 22.7 Å². The Morgan fingerprint density at radius 1 is 0.433 bits per heavy atom. The SMILES string of the molecule is CCCCCCCC[Si]1(CCCCCCCC)c2cc(C)ccc2-c2ccc(-c3ccc(-c4ccc(-c5ccc(C)s5)c5nc(-c6ccc(OC)cc6)c(-c6ccc(OC)cc6)nc45)s3)cc21. The second kappa shape index (κ2) is 21.3. The van der Waals surface area contributed by atoms with Crippen LogP contribution in [0, 0.1) is 13.8 Å². The van der Waals surface area contributed by atoms with E-state index < -0.39 is 8.07 Å². The van der Waals surface area contributed by atoms with Crippen LogP contribution in [0.2, 0.25) is 12.1 Å². The molecule has 0 aliphatic carbocycles. The van der Waals surface area contributed by atoms with E-state index in [0.29, 0.717) is 0 Å². The third kappa shape index (κ3) is 9.84. The van der Waals surface area contributed by atoms with E-state index in [1.165, 1.54) is 131 Å². The molecule has 0 fully saturated rings. The highest BCUT2D eigenvalue weighted by Crippen LogP contribution is 2.45. The summed E-state index contributed by atoms with van der Waals surface area (Å²) in [6.07, 6.45) is 16.1. The van der Waals surface area contributed by atoms with Crippen molar-refractivity contribution in [3.05, 3.63) is 132 Å². The summed E-state index contributed by atoms with van der Waals surface area (Å²) in [5.74, 6) is 1.61. The monoisotopic (exact) mass is 938 g/mol. The van der Waals surface area contributed by atoms with Gasteiger partial charge in [-0.1, -0.05) is 145 Å². The molecule has 9 rings (SSSR count). The minimum Gasteiger partial charge on any atom is -0.497 e. The van der Waals surface area contributed by atoms with Crippen LogP contribution in [-0.2, 0) is 0 Å². The average Bonchev–Trinajstić information content (AvgIpc) is 4.10. The number of fused-ring (bicyclic) bond motifs is 4. The molecule has 344 valence electrons. The van der Waals surface area contributed by atoms with E-state index in [9.17, 15) is 0 Å². The molecule has 5 aromatic carbocycles. The zero-order valence-electron chi connectivity index (χ0n) is 40.5. The lowest BCUT2D eigenvalue weighted by atomic mass is 10.0. The van der Waals surface area contributed by atoms with E-state index in [0.717, 1.165) is 56.2 Å². The molecule has 0 saturated heterocycles. The Morgan fingerprint density at radius 3 is 1.40 bits per heavy atom. The van der Waals surface area contributed by atoms with Gasteiger partial charge in [-0.3, -0.25) is 0 Å². The molecule has 7 heteroatoms. The fraction of sp³-hybridized carbons (Fsp3) is 0.333. The summed E-state index contributed by atoms with van der Waals surface area (Å²) >= 11 is 3.68. The molecule has 4 heterocycles. The molecule has 0 saturated carbocycles. The Balaban J connectivity index is 1.15. The predicted octanol–water partition coefficient (Wildman–Crippen LogP) is 17.0. The summed E-state index contributed by atoms with van der Waals surface area (Å²) in [6, 6.07) is 47.7. The maximum absolute atomic E-state index is 5.65. The second-order valence-electron chi connectivity index (χ2n) is 18.7. The van der Waals surface area contributed by atoms with Crippen LogP contribution in [0.1, 0.15) is 101 Å². The average molecular weight is 939 g/mol. The van der Waals surface area contributed by atoms with E-state index in [1.54, 1.807) is 35.9 Å². The van der Waals surface area contributed by atoms with Crippen LogP contribution in [0.25, 0.3) is 76.0 Å². The van der Waals surface area contributed by atoms with Gasteiger partial charge in [0.15, 0.2) is 0 Å². The molecular formula is C60H66N2O2S2Si. The van der Waals surface area contributed by atoms with Gasteiger partial charge in [0.1, 0.15) is 19.6 Å². The van der Waals surface area contributed by atoms with Gasteiger partial charge in [0, 0.05) is 41.8 Å². The Hall–Kier alpha value is -5.34. The van der Waals surface area contributed by atoms with Gasteiger partial charge in [-0.25, -0.2) is 9.97 Å². The topological polar surface area (TPSA) is 44.2 Å². The molecule has 1 aliphatic heterocycles. The zero-order valence-corrected chi connectivity index (χ0v) is 43.1. The largest absolute Gasteiger partial charge is 0.497 e. The Morgan fingerprint density at radius 2 is 0.881 bits per heavy atom. The van der Waals surface area contributed by atoms with Crippen LogP contribution in [0.3, 0.4) is 0 Å². The first-order valence-corrected chi connectivity index (χ1v) is 29.0. The number of aryl methyl sites for hydroxylation is 2. The van der Waals surface area contributed by atoms with E-state index >= 15 is 0 Å². The van der Waals surface area contributed by atoms with Crippen LogP contribution < -0.4 is 19.8 Å². The Bertz CT molecular complexity index is 2930. The first kappa shape index (κ1) is 46.8. The van der Waals surface area contributed by atoms with E-state index in [4.69, 9.17) is 19.4 Å². The fourth-order valence-corrected chi connectivity index (χ4v) is 18.1. The van der Waals surface area contributed by atoms with Crippen molar-refractivity contribution < 1.29 is 9.47 Å². The van der Waals surface area contributed by atoms with Crippen molar-refractivity contribution in [1.82, 2.24) is 9.97 Å².